The molecule has 2 aromatic carbocycles. The third-order valence-corrected chi connectivity index (χ3v) is 3.27. The van der Waals surface area contributed by atoms with Gasteiger partial charge >= 0.3 is 0 Å². The molecule has 3 rings (SSSR count). The van der Waals surface area contributed by atoms with Crippen LogP contribution in [0.1, 0.15) is 16.1 Å². The Morgan fingerprint density at radius 1 is 1.09 bits per heavy atom. The number of nitrogens with one attached hydrogen (secondary N) is 2. The zero-order valence-corrected chi connectivity index (χ0v) is 12.0. The Bertz CT molecular complexity index is 833. The van der Waals surface area contributed by atoms with Crippen LogP contribution in [0.2, 0.25) is 0 Å². The maximum Gasteiger partial charge on any atom is 0.292 e. The molecule has 0 spiro atoms. The van der Waals surface area contributed by atoms with E-state index < -0.39 is 5.91 Å². The van der Waals surface area contributed by atoms with E-state index in [1.54, 1.807) is 0 Å². The molecule has 0 bridgehead atoms. The maximum absolute atomic E-state index is 12.2. The molecule has 0 aliphatic rings. The SMILES string of the molecule is Cc1ccc2c(N)c(C(=O)NNc3ccccc3)nnc2c1. The van der Waals surface area contributed by atoms with E-state index in [4.69, 9.17) is 5.73 Å². The summed E-state index contributed by atoms with van der Waals surface area (Å²) in [5, 5.41) is 8.71. The molecule has 0 aliphatic carbocycles. The monoisotopic (exact) mass is 293 g/mol. The molecule has 110 valence electrons. The van der Waals surface area contributed by atoms with Crippen molar-refractivity contribution in [1.82, 2.24) is 15.6 Å². The van der Waals surface area contributed by atoms with Gasteiger partial charge in [0, 0.05) is 5.39 Å². The van der Waals surface area contributed by atoms with Crippen LogP contribution < -0.4 is 16.6 Å². The molecular formula is C16H15N5O. The molecule has 1 aromatic heterocycles. The number of aromatic nitrogens is 2. The summed E-state index contributed by atoms with van der Waals surface area (Å²) in [6.07, 6.45) is 0. The van der Waals surface area contributed by atoms with Crippen molar-refractivity contribution >= 4 is 28.2 Å². The van der Waals surface area contributed by atoms with Crippen molar-refractivity contribution in [3.63, 3.8) is 0 Å². The highest BCUT2D eigenvalue weighted by atomic mass is 16.2. The molecule has 6 nitrogen and oxygen atoms in total. The molecule has 1 amide bonds. The van der Waals surface area contributed by atoms with Gasteiger partial charge in [0.15, 0.2) is 5.69 Å². The highest BCUT2D eigenvalue weighted by Gasteiger charge is 2.15. The van der Waals surface area contributed by atoms with Gasteiger partial charge in [-0.25, -0.2) is 0 Å². The number of aryl methyl sites for hydroxylation is 1. The summed E-state index contributed by atoms with van der Waals surface area (Å²) >= 11 is 0. The first-order valence-electron chi connectivity index (χ1n) is 6.79. The van der Waals surface area contributed by atoms with E-state index in [9.17, 15) is 4.79 Å². The minimum atomic E-state index is -0.434. The molecule has 22 heavy (non-hydrogen) atoms. The quantitative estimate of drug-likeness (QED) is 0.644. The molecule has 0 unspecified atom stereocenters. The molecule has 1 heterocycles. The van der Waals surface area contributed by atoms with E-state index >= 15 is 0 Å². The summed E-state index contributed by atoms with van der Waals surface area (Å²) in [5.74, 6) is -0.434. The molecule has 4 N–H and O–H groups in total. The van der Waals surface area contributed by atoms with E-state index in [1.807, 2.05) is 55.5 Å². The van der Waals surface area contributed by atoms with Crippen LogP contribution in [0.25, 0.3) is 10.9 Å². The number of nitrogen functional groups attached to an aromatic ring is 1. The summed E-state index contributed by atoms with van der Waals surface area (Å²) in [5.41, 5.74) is 14.3. The number of rotatable bonds is 3. The largest absolute Gasteiger partial charge is 0.396 e. The minimum absolute atomic E-state index is 0.0970. The lowest BCUT2D eigenvalue weighted by Gasteiger charge is -2.10. The lowest BCUT2D eigenvalue weighted by molar-refractivity contribution is 0.0958. The first-order chi connectivity index (χ1) is 10.6. The molecule has 3 aromatic rings. The third-order valence-electron chi connectivity index (χ3n) is 3.27. The lowest BCUT2D eigenvalue weighted by atomic mass is 10.1. The minimum Gasteiger partial charge on any atom is -0.396 e. The van der Waals surface area contributed by atoms with Crippen molar-refractivity contribution in [3.8, 4) is 0 Å². The fourth-order valence-electron chi connectivity index (χ4n) is 2.11. The summed E-state index contributed by atoms with van der Waals surface area (Å²) in [6, 6.07) is 14.9. The number of fused-ring (bicyclic) bond motifs is 1. The number of para-hydroxylation sites is 1. The Hall–Kier alpha value is -3.15. The predicted molar refractivity (Wildman–Crippen MR) is 86.2 cm³/mol. The summed E-state index contributed by atoms with van der Waals surface area (Å²) in [7, 11) is 0. The molecule has 0 saturated heterocycles. The highest BCUT2D eigenvalue weighted by molar-refractivity contribution is 6.04. The van der Waals surface area contributed by atoms with E-state index in [-0.39, 0.29) is 5.69 Å². The number of benzene rings is 2. The molecule has 0 fully saturated rings. The summed E-state index contributed by atoms with van der Waals surface area (Å²) in [4.78, 5) is 12.2. The first-order valence-corrected chi connectivity index (χ1v) is 6.79. The van der Waals surface area contributed by atoms with Crippen molar-refractivity contribution in [2.24, 2.45) is 0 Å². The number of hydrogen-bond donors (Lipinski definition) is 3. The molecule has 0 aliphatic heterocycles. The van der Waals surface area contributed by atoms with Crippen LogP contribution in [-0.2, 0) is 0 Å². The van der Waals surface area contributed by atoms with Gasteiger partial charge < -0.3 is 5.73 Å². The van der Waals surface area contributed by atoms with Crippen LogP contribution in [0.3, 0.4) is 0 Å². The number of amides is 1. The molecule has 0 radical (unpaired) electrons. The van der Waals surface area contributed by atoms with Gasteiger partial charge in [-0.15, -0.1) is 10.2 Å². The van der Waals surface area contributed by atoms with Gasteiger partial charge in [-0.05, 0) is 30.7 Å². The van der Waals surface area contributed by atoms with Crippen LogP contribution in [0.4, 0.5) is 11.4 Å². The Morgan fingerprint density at radius 3 is 2.64 bits per heavy atom. The van der Waals surface area contributed by atoms with Gasteiger partial charge in [-0.3, -0.25) is 15.6 Å². The zero-order valence-electron chi connectivity index (χ0n) is 12.0. The number of carbonyl (C=O) groups is 1. The van der Waals surface area contributed by atoms with Gasteiger partial charge in [-0.2, -0.15) is 0 Å². The van der Waals surface area contributed by atoms with Crippen LogP contribution in [0.15, 0.2) is 48.5 Å². The van der Waals surface area contributed by atoms with Crippen molar-refractivity contribution in [2.75, 3.05) is 11.2 Å². The predicted octanol–water partition coefficient (Wildman–Crippen LogP) is 2.28. The smallest absolute Gasteiger partial charge is 0.292 e. The van der Waals surface area contributed by atoms with Gasteiger partial charge in [0.25, 0.3) is 5.91 Å². The summed E-state index contributed by atoms with van der Waals surface area (Å²) < 4.78 is 0. The number of nitrogens with two attached hydrogens (primary N) is 1. The fourth-order valence-corrected chi connectivity index (χ4v) is 2.11. The van der Waals surface area contributed by atoms with Gasteiger partial charge in [0.05, 0.1) is 16.9 Å². The number of hydrogen-bond acceptors (Lipinski definition) is 5. The van der Waals surface area contributed by atoms with Gasteiger partial charge in [0.2, 0.25) is 0 Å². The number of carbonyl (C=O) groups excluding carboxylic acids is 1. The number of hydrazine groups is 1. The van der Waals surface area contributed by atoms with Crippen molar-refractivity contribution in [3.05, 3.63) is 59.8 Å². The average Bonchev–Trinajstić information content (AvgIpc) is 2.54. The normalized spacial score (nSPS) is 10.4. The van der Waals surface area contributed by atoms with Crippen molar-refractivity contribution in [2.45, 2.75) is 6.92 Å². The van der Waals surface area contributed by atoms with Crippen LogP contribution in [0.5, 0.6) is 0 Å². The van der Waals surface area contributed by atoms with Crippen LogP contribution in [-0.4, -0.2) is 16.1 Å². The Balaban J connectivity index is 1.85. The average molecular weight is 293 g/mol. The number of nitrogens with zero attached hydrogens (tertiary/aromatic N) is 2. The Labute approximate surface area is 127 Å². The van der Waals surface area contributed by atoms with E-state index in [2.05, 4.69) is 21.0 Å². The van der Waals surface area contributed by atoms with Crippen LogP contribution in [0, 0.1) is 6.92 Å². The second-order valence-corrected chi connectivity index (χ2v) is 4.93. The van der Waals surface area contributed by atoms with E-state index in [1.165, 1.54) is 0 Å². The van der Waals surface area contributed by atoms with Crippen LogP contribution >= 0.6 is 0 Å². The second-order valence-electron chi connectivity index (χ2n) is 4.93. The Morgan fingerprint density at radius 2 is 1.86 bits per heavy atom. The molecule has 6 heteroatoms. The summed E-state index contributed by atoms with van der Waals surface area (Å²) in [6.45, 7) is 1.96. The lowest BCUT2D eigenvalue weighted by Crippen LogP contribution is -2.31. The molecule has 0 saturated carbocycles. The maximum atomic E-state index is 12.2. The van der Waals surface area contributed by atoms with E-state index in [0.717, 1.165) is 11.3 Å². The molecule has 0 atom stereocenters. The molecular weight excluding hydrogens is 278 g/mol. The topological polar surface area (TPSA) is 92.9 Å². The standard InChI is InChI=1S/C16H15N5O/c1-10-7-8-12-13(9-10)19-20-15(14(12)17)16(22)21-18-11-5-3-2-4-6-11/h2-9,18H,1H3,(H2,17,19)(H,21,22). The van der Waals surface area contributed by atoms with Crippen molar-refractivity contribution in [1.29, 1.82) is 0 Å². The van der Waals surface area contributed by atoms with Crippen molar-refractivity contribution < 1.29 is 4.79 Å². The number of anilines is 2. The van der Waals surface area contributed by atoms with Gasteiger partial charge in [0.1, 0.15) is 0 Å². The van der Waals surface area contributed by atoms with E-state index in [0.29, 0.717) is 16.6 Å². The first kappa shape index (κ1) is 13.8. The fraction of sp³-hybridized carbons (Fsp3) is 0.0625. The Kier molecular flexibility index (Phi) is 3.57. The second kappa shape index (κ2) is 5.69. The van der Waals surface area contributed by atoms with Gasteiger partial charge in [-0.1, -0.05) is 30.3 Å². The highest BCUT2D eigenvalue weighted by Crippen LogP contribution is 2.22. The zero-order chi connectivity index (χ0) is 15.5. The third kappa shape index (κ3) is 2.67.